The molecule has 0 radical (unpaired) electrons. The third-order valence-corrected chi connectivity index (χ3v) is 5.79. The van der Waals surface area contributed by atoms with E-state index in [0.717, 1.165) is 30.5 Å². The second-order valence-electron chi connectivity index (χ2n) is 8.17. The van der Waals surface area contributed by atoms with Crippen molar-refractivity contribution in [2.75, 3.05) is 18.1 Å². The fraction of sp³-hybridized carbons (Fsp3) is 0.458. The van der Waals surface area contributed by atoms with Gasteiger partial charge < -0.3 is 14.4 Å². The summed E-state index contributed by atoms with van der Waals surface area (Å²) >= 11 is 0. The number of amides is 1. The predicted octanol–water partition coefficient (Wildman–Crippen LogP) is 4.63. The molecule has 4 rings (SSSR count). The summed E-state index contributed by atoms with van der Waals surface area (Å²) < 4.78 is 35.4. The highest BCUT2D eigenvalue weighted by molar-refractivity contribution is 5.97. The second kappa shape index (κ2) is 9.22. The fourth-order valence-corrected chi connectivity index (χ4v) is 4.30. The van der Waals surface area contributed by atoms with Crippen molar-refractivity contribution in [1.29, 1.82) is 0 Å². The number of rotatable bonds is 9. The van der Waals surface area contributed by atoms with E-state index in [1.165, 1.54) is 11.6 Å². The summed E-state index contributed by atoms with van der Waals surface area (Å²) in [6, 6.07) is 13.6. The van der Waals surface area contributed by atoms with Crippen molar-refractivity contribution in [2.45, 2.75) is 58.3 Å². The molecule has 166 valence electrons. The quantitative estimate of drug-likeness (QED) is 0.582. The summed E-state index contributed by atoms with van der Waals surface area (Å²) in [5.74, 6) is 0.411. The first-order chi connectivity index (χ1) is 15.0. The molecule has 1 heterocycles. The van der Waals surface area contributed by atoms with E-state index >= 15 is 0 Å². The Bertz CT molecular complexity index is 933. The molecule has 1 saturated carbocycles. The summed E-state index contributed by atoms with van der Waals surface area (Å²) in [7, 11) is 0. The third kappa shape index (κ3) is 4.98. The van der Waals surface area contributed by atoms with Crippen LogP contribution in [0.4, 0.5) is 14.5 Å². The van der Waals surface area contributed by atoms with Crippen molar-refractivity contribution in [1.82, 2.24) is 4.90 Å². The zero-order valence-electron chi connectivity index (χ0n) is 17.9. The van der Waals surface area contributed by atoms with Gasteiger partial charge in [0.15, 0.2) is 11.5 Å². The Morgan fingerprint density at radius 3 is 2.68 bits per heavy atom. The number of para-hydroxylation sites is 1. The molecule has 1 aliphatic carbocycles. The van der Waals surface area contributed by atoms with Gasteiger partial charge in [-0.15, -0.1) is 0 Å². The van der Waals surface area contributed by atoms with Gasteiger partial charge in [0, 0.05) is 24.3 Å². The van der Waals surface area contributed by atoms with E-state index in [-0.39, 0.29) is 17.7 Å². The predicted molar refractivity (Wildman–Crippen MR) is 115 cm³/mol. The van der Waals surface area contributed by atoms with E-state index < -0.39 is 6.61 Å². The average Bonchev–Trinajstić information content (AvgIpc) is 3.51. The van der Waals surface area contributed by atoms with E-state index in [1.54, 1.807) is 19.1 Å². The number of hydrogen-bond donors (Lipinski definition) is 0. The Hall–Kier alpha value is -2.67. The molecule has 31 heavy (non-hydrogen) atoms. The number of carbonyl (C=O) groups is 1. The number of anilines is 1. The van der Waals surface area contributed by atoms with Crippen molar-refractivity contribution in [3.8, 4) is 11.5 Å². The molecule has 2 aromatic carbocycles. The number of benzene rings is 2. The number of carbonyl (C=O) groups excluding carboxylic acids is 1. The standard InChI is InChI=1S/C24H28F2N2O3/c1-3-30-22-13-17(8-11-21(22)31-24(25)26)14-27(19-9-10-19)15-23(29)28-16(2)12-18-6-4-5-7-20(18)28/h4-8,11,13,16,19,24H,3,9-10,12,14-15H2,1-2H3/t16-/m1/s1. The van der Waals surface area contributed by atoms with Gasteiger partial charge in [0.1, 0.15) is 0 Å². The maximum absolute atomic E-state index is 13.3. The smallest absolute Gasteiger partial charge is 0.387 e. The van der Waals surface area contributed by atoms with Crippen LogP contribution in [0, 0.1) is 0 Å². The van der Waals surface area contributed by atoms with Gasteiger partial charge in [-0.25, -0.2) is 0 Å². The summed E-state index contributed by atoms with van der Waals surface area (Å²) in [5, 5.41) is 0. The largest absolute Gasteiger partial charge is 0.490 e. The van der Waals surface area contributed by atoms with Crippen LogP contribution in [0.15, 0.2) is 42.5 Å². The molecule has 0 saturated heterocycles. The van der Waals surface area contributed by atoms with Gasteiger partial charge in [0.05, 0.1) is 13.2 Å². The first-order valence-corrected chi connectivity index (χ1v) is 10.8. The molecule has 5 nitrogen and oxygen atoms in total. The average molecular weight is 430 g/mol. The van der Waals surface area contributed by atoms with Crippen LogP contribution in [-0.4, -0.2) is 42.7 Å². The van der Waals surface area contributed by atoms with Crippen LogP contribution in [0.5, 0.6) is 11.5 Å². The summed E-state index contributed by atoms with van der Waals surface area (Å²) in [6.07, 6.45) is 2.99. The highest BCUT2D eigenvalue weighted by Gasteiger charge is 2.35. The minimum Gasteiger partial charge on any atom is -0.490 e. The van der Waals surface area contributed by atoms with Gasteiger partial charge in [-0.3, -0.25) is 9.69 Å². The molecule has 1 fully saturated rings. The van der Waals surface area contributed by atoms with Gasteiger partial charge in [-0.1, -0.05) is 24.3 Å². The molecule has 2 aromatic rings. The lowest BCUT2D eigenvalue weighted by Crippen LogP contribution is -2.43. The molecule has 1 aliphatic heterocycles. The number of alkyl halides is 2. The Kier molecular flexibility index (Phi) is 6.41. The minimum absolute atomic E-state index is 0.0251. The topological polar surface area (TPSA) is 42.0 Å². The first kappa shape index (κ1) is 21.6. The van der Waals surface area contributed by atoms with E-state index in [0.29, 0.717) is 31.5 Å². The number of ether oxygens (including phenoxy) is 2. The van der Waals surface area contributed by atoms with Crippen molar-refractivity contribution >= 4 is 11.6 Å². The summed E-state index contributed by atoms with van der Waals surface area (Å²) in [6.45, 7) is 2.19. The van der Waals surface area contributed by atoms with Crippen LogP contribution >= 0.6 is 0 Å². The molecule has 1 atom stereocenters. The van der Waals surface area contributed by atoms with E-state index in [9.17, 15) is 13.6 Å². The fourth-order valence-electron chi connectivity index (χ4n) is 4.30. The van der Waals surface area contributed by atoms with E-state index in [4.69, 9.17) is 4.74 Å². The third-order valence-electron chi connectivity index (χ3n) is 5.79. The van der Waals surface area contributed by atoms with Crippen LogP contribution < -0.4 is 14.4 Å². The van der Waals surface area contributed by atoms with E-state index in [1.807, 2.05) is 23.1 Å². The lowest BCUT2D eigenvalue weighted by atomic mass is 10.1. The maximum atomic E-state index is 13.3. The number of nitrogens with zero attached hydrogens (tertiary/aromatic N) is 2. The van der Waals surface area contributed by atoms with E-state index in [2.05, 4.69) is 22.6 Å². The SMILES string of the molecule is CCOc1cc(CN(CC(=O)N2c3ccccc3C[C@H]2C)C2CC2)ccc1OC(F)F. The van der Waals surface area contributed by atoms with Gasteiger partial charge >= 0.3 is 6.61 Å². The molecule has 0 spiro atoms. The van der Waals surface area contributed by atoms with Crippen molar-refractivity contribution in [3.63, 3.8) is 0 Å². The summed E-state index contributed by atoms with van der Waals surface area (Å²) in [4.78, 5) is 17.3. The lowest BCUT2D eigenvalue weighted by Gasteiger charge is -2.28. The number of hydrogen-bond acceptors (Lipinski definition) is 4. The summed E-state index contributed by atoms with van der Waals surface area (Å²) in [5.41, 5.74) is 3.11. The highest BCUT2D eigenvalue weighted by atomic mass is 19.3. The first-order valence-electron chi connectivity index (χ1n) is 10.8. The van der Waals surface area contributed by atoms with Crippen molar-refractivity contribution in [3.05, 3.63) is 53.6 Å². The lowest BCUT2D eigenvalue weighted by molar-refractivity contribution is -0.120. The molecule has 0 aromatic heterocycles. The molecule has 0 unspecified atom stereocenters. The van der Waals surface area contributed by atoms with Crippen LogP contribution in [0.25, 0.3) is 0 Å². The van der Waals surface area contributed by atoms with Crippen molar-refractivity contribution < 1.29 is 23.0 Å². The Labute approximate surface area is 181 Å². The van der Waals surface area contributed by atoms with Gasteiger partial charge in [0.25, 0.3) is 0 Å². The van der Waals surface area contributed by atoms with Crippen LogP contribution in [0.3, 0.4) is 0 Å². The minimum atomic E-state index is -2.91. The molecule has 0 bridgehead atoms. The Morgan fingerprint density at radius 2 is 1.97 bits per heavy atom. The van der Waals surface area contributed by atoms with Gasteiger partial charge in [0.2, 0.25) is 5.91 Å². The Morgan fingerprint density at radius 1 is 1.19 bits per heavy atom. The zero-order chi connectivity index (χ0) is 22.0. The molecule has 1 amide bonds. The molecule has 0 N–H and O–H groups in total. The zero-order valence-corrected chi connectivity index (χ0v) is 17.9. The Balaban J connectivity index is 1.49. The van der Waals surface area contributed by atoms with Crippen LogP contribution in [0.2, 0.25) is 0 Å². The van der Waals surface area contributed by atoms with Crippen molar-refractivity contribution in [2.24, 2.45) is 0 Å². The molecule has 2 aliphatic rings. The van der Waals surface area contributed by atoms with Gasteiger partial charge in [-0.2, -0.15) is 8.78 Å². The molecular formula is C24H28F2N2O3. The number of halogens is 2. The molecular weight excluding hydrogens is 402 g/mol. The van der Waals surface area contributed by atoms with Crippen LogP contribution in [0.1, 0.15) is 37.8 Å². The highest BCUT2D eigenvalue weighted by Crippen LogP contribution is 2.35. The van der Waals surface area contributed by atoms with Gasteiger partial charge in [-0.05, 0) is 62.4 Å². The monoisotopic (exact) mass is 430 g/mol. The number of fused-ring (bicyclic) bond motifs is 1. The normalized spacial score (nSPS) is 17.9. The van der Waals surface area contributed by atoms with Crippen LogP contribution in [-0.2, 0) is 17.8 Å². The second-order valence-corrected chi connectivity index (χ2v) is 8.17. The molecule has 7 heteroatoms. The maximum Gasteiger partial charge on any atom is 0.387 e.